The Morgan fingerprint density at radius 1 is 0.356 bits per heavy atom. The van der Waals surface area contributed by atoms with Crippen LogP contribution in [0.15, 0.2) is 225 Å². The first-order chi connectivity index (χ1) is 29.2. The number of anilines is 3. The van der Waals surface area contributed by atoms with Crippen LogP contribution >= 0.6 is 0 Å². The second-order valence-corrected chi connectivity index (χ2v) is 14.8. The van der Waals surface area contributed by atoms with Crippen LogP contribution < -0.4 is 4.90 Å². The van der Waals surface area contributed by atoms with Crippen LogP contribution in [0.2, 0.25) is 0 Å². The van der Waals surface area contributed by atoms with Crippen molar-refractivity contribution in [1.29, 1.82) is 0 Å². The van der Waals surface area contributed by atoms with E-state index in [1.165, 1.54) is 38.3 Å². The monoisotopic (exact) mass is 755 g/mol. The topological polar surface area (TPSA) is 38.9 Å². The molecule has 0 aliphatic heterocycles. The summed E-state index contributed by atoms with van der Waals surface area (Å²) in [7, 11) is 0. The zero-order valence-corrected chi connectivity index (χ0v) is 32.1. The highest BCUT2D eigenvalue weighted by molar-refractivity contribution is 6.14. The van der Waals surface area contributed by atoms with Crippen molar-refractivity contribution in [2.45, 2.75) is 0 Å². The highest BCUT2D eigenvalue weighted by Crippen LogP contribution is 2.40. The van der Waals surface area contributed by atoms with Crippen LogP contribution in [0.5, 0.6) is 0 Å². The molecule has 11 aromatic rings. The lowest BCUT2D eigenvalue weighted by Crippen LogP contribution is -2.09. The van der Waals surface area contributed by atoms with Crippen molar-refractivity contribution in [2.75, 3.05) is 4.90 Å². The summed E-state index contributed by atoms with van der Waals surface area (Å²) in [4.78, 5) is 11.0. The fraction of sp³-hybridized carbons (Fsp3) is 0. The minimum absolute atomic E-state index is 1.07. The van der Waals surface area contributed by atoms with Crippen LogP contribution in [-0.2, 0) is 0 Å². The standard InChI is InChI=1S/C54H37N5/c1-3-11-45(12-4-1)57-32-29-42-34-51-50-33-41(21-28-52(50)59(54(51)35-53(42)57)46-13-5-2-6-14-46)38-15-22-47(23-16-38)58(48-24-17-39(18-25-48)43-9-7-30-55-36-43)49-26-19-40(20-27-49)44-10-8-31-56-37-44/h1-37H. The fourth-order valence-corrected chi connectivity index (χ4v) is 8.42. The minimum atomic E-state index is 1.07. The average Bonchev–Trinajstić information content (AvgIpc) is 3.88. The molecule has 0 unspecified atom stereocenters. The Balaban J connectivity index is 1.00. The smallest absolute Gasteiger partial charge is 0.0562 e. The quantitative estimate of drug-likeness (QED) is 0.155. The molecule has 0 aliphatic rings. The van der Waals surface area contributed by atoms with E-state index in [9.17, 15) is 0 Å². The first kappa shape index (κ1) is 34.2. The maximum absolute atomic E-state index is 4.33. The van der Waals surface area contributed by atoms with Gasteiger partial charge in [-0.2, -0.15) is 0 Å². The molecule has 4 heterocycles. The lowest BCUT2D eigenvalue weighted by molar-refractivity contribution is 1.12. The van der Waals surface area contributed by atoms with Gasteiger partial charge in [0.2, 0.25) is 0 Å². The second-order valence-electron chi connectivity index (χ2n) is 14.8. The summed E-state index contributed by atoms with van der Waals surface area (Å²) >= 11 is 0. The lowest BCUT2D eigenvalue weighted by atomic mass is 10.0. The average molecular weight is 756 g/mol. The van der Waals surface area contributed by atoms with E-state index in [1.54, 1.807) is 0 Å². The Labute approximate surface area is 342 Å². The molecule has 0 radical (unpaired) electrons. The van der Waals surface area contributed by atoms with Crippen molar-refractivity contribution in [3.8, 4) is 44.8 Å². The Morgan fingerprint density at radius 3 is 1.41 bits per heavy atom. The molecule has 59 heavy (non-hydrogen) atoms. The van der Waals surface area contributed by atoms with Gasteiger partial charge in [0.25, 0.3) is 0 Å². The highest BCUT2D eigenvalue weighted by Gasteiger charge is 2.18. The number of fused-ring (bicyclic) bond motifs is 4. The molecule has 0 aliphatic carbocycles. The van der Waals surface area contributed by atoms with Gasteiger partial charge >= 0.3 is 0 Å². The van der Waals surface area contributed by atoms with Gasteiger partial charge in [0, 0.05) is 75.6 Å². The predicted octanol–water partition coefficient (Wildman–Crippen LogP) is 14.0. The van der Waals surface area contributed by atoms with Crippen LogP contribution in [0.25, 0.3) is 77.5 Å². The summed E-state index contributed by atoms with van der Waals surface area (Å²) in [6.45, 7) is 0. The SMILES string of the molecule is c1ccc(-n2ccc3cc4c5cc(-c6ccc(N(c7ccc(-c8cccnc8)cc7)c7ccc(-c8cccnc8)cc7)cc6)ccc5n(-c5ccccc5)c4cc32)cc1. The maximum atomic E-state index is 4.33. The van der Waals surface area contributed by atoms with Gasteiger partial charge in [-0.3, -0.25) is 9.97 Å². The second kappa shape index (κ2) is 14.5. The van der Waals surface area contributed by atoms with Crippen LogP contribution in [0.3, 0.4) is 0 Å². The highest BCUT2D eigenvalue weighted by atomic mass is 15.1. The zero-order valence-electron chi connectivity index (χ0n) is 32.1. The van der Waals surface area contributed by atoms with Crippen molar-refractivity contribution < 1.29 is 0 Å². The molecule has 0 spiro atoms. The Bertz CT molecular complexity index is 3130. The molecule has 4 aromatic heterocycles. The van der Waals surface area contributed by atoms with Crippen molar-refractivity contribution in [1.82, 2.24) is 19.1 Å². The third kappa shape index (κ3) is 6.22. The Kier molecular flexibility index (Phi) is 8.41. The number of hydrogen-bond acceptors (Lipinski definition) is 3. The van der Waals surface area contributed by atoms with Gasteiger partial charge in [-0.15, -0.1) is 0 Å². The van der Waals surface area contributed by atoms with Gasteiger partial charge in [0.05, 0.1) is 16.6 Å². The van der Waals surface area contributed by atoms with Crippen LogP contribution in [0.4, 0.5) is 17.1 Å². The Hall–Kier alpha value is -8.02. The molecule has 0 saturated carbocycles. The number of benzene rings is 7. The van der Waals surface area contributed by atoms with E-state index in [2.05, 4.69) is 212 Å². The molecule has 7 aromatic carbocycles. The molecule has 5 nitrogen and oxygen atoms in total. The third-order valence-electron chi connectivity index (χ3n) is 11.3. The van der Waals surface area contributed by atoms with Gasteiger partial charge in [-0.25, -0.2) is 0 Å². The van der Waals surface area contributed by atoms with Crippen molar-refractivity contribution in [2.24, 2.45) is 0 Å². The molecule has 11 rings (SSSR count). The van der Waals surface area contributed by atoms with Crippen LogP contribution in [-0.4, -0.2) is 19.1 Å². The van der Waals surface area contributed by atoms with E-state index in [1.807, 2.05) is 36.9 Å². The van der Waals surface area contributed by atoms with Crippen LogP contribution in [0.1, 0.15) is 0 Å². The molecule has 0 bridgehead atoms. The molecule has 0 N–H and O–H groups in total. The number of aromatic nitrogens is 4. The van der Waals surface area contributed by atoms with Crippen molar-refractivity contribution >= 4 is 49.8 Å². The van der Waals surface area contributed by atoms with Gasteiger partial charge in [0.15, 0.2) is 0 Å². The van der Waals surface area contributed by atoms with E-state index in [0.29, 0.717) is 0 Å². The summed E-state index contributed by atoms with van der Waals surface area (Å²) in [5.74, 6) is 0. The summed E-state index contributed by atoms with van der Waals surface area (Å²) in [6, 6.07) is 69.6. The molecule has 5 heteroatoms. The summed E-state index contributed by atoms with van der Waals surface area (Å²) in [6.07, 6.45) is 9.60. The van der Waals surface area contributed by atoms with Gasteiger partial charge in [-0.05, 0) is 137 Å². The molecule has 0 fully saturated rings. The number of rotatable bonds is 8. The van der Waals surface area contributed by atoms with E-state index in [-0.39, 0.29) is 0 Å². The molecule has 0 atom stereocenters. The van der Waals surface area contributed by atoms with E-state index >= 15 is 0 Å². The van der Waals surface area contributed by atoms with Crippen molar-refractivity contribution in [3.63, 3.8) is 0 Å². The van der Waals surface area contributed by atoms with Crippen LogP contribution in [0, 0.1) is 0 Å². The molecule has 0 amide bonds. The number of para-hydroxylation sites is 2. The van der Waals surface area contributed by atoms with Gasteiger partial charge < -0.3 is 14.0 Å². The van der Waals surface area contributed by atoms with E-state index < -0.39 is 0 Å². The molecule has 278 valence electrons. The van der Waals surface area contributed by atoms with Gasteiger partial charge in [0.1, 0.15) is 0 Å². The normalized spacial score (nSPS) is 11.4. The number of pyridine rings is 2. The third-order valence-corrected chi connectivity index (χ3v) is 11.3. The largest absolute Gasteiger partial charge is 0.316 e. The van der Waals surface area contributed by atoms with Crippen molar-refractivity contribution in [3.05, 3.63) is 225 Å². The summed E-state index contributed by atoms with van der Waals surface area (Å²) in [5.41, 5.74) is 15.8. The van der Waals surface area contributed by atoms with Gasteiger partial charge in [-0.1, -0.05) is 91.0 Å². The first-order valence-corrected chi connectivity index (χ1v) is 19.9. The van der Waals surface area contributed by atoms with E-state index in [0.717, 1.165) is 56.3 Å². The number of nitrogens with zero attached hydrogens (tertiary/aromatic N) is 5. The maximum Gasteiger partial charge on any atom is 0.0562 e. The summed E-state index contributed by atoms with van der Waals surface area (Å²) in [5, 5.41) is 3.67. The van der Waals surface area contributed by atoms with E-state index in [4.69, 9.17) is 0 Å². The molecule has 0 saturated heterocycles. The Morgan fingerprint density at radius 2 is 0.864 bits per heavy atom. The number of hydrogen-bond donors (Lipinski definition) is 0. The molecular formula is C54H37N5. The summed E-state index contributed by atoms with van der Waals surface area (Å²) < 4.78 is 4.68. The predicted molar refractivity (Wildman–Crippen MR) is 244 cm³/mol. The first-order valence-electron chi connectivity index (χ1n) is 19.9. The fourth-order valence-electron chi connectivity index (χ4n) is 8.42. The molecular weight excluding hydrogens is 719 g/mol. The zero-order chi connectivity index (χ0) is 39.1. The lowest BCUT2D eigenvalue weighted by Gasteiger charge is -2.26. The minimum Gasteiger partial charge on any atom is -0.316 e.